The predicted octanol–water partition coefficient (Wildman–Crippen LogP) is 3.19. The first-order chi connectivity index (χ1) is 8.95. The average molecular weight is 284 g/mol. The van der Waals surface area contributed by atoms with Crippen LogP contribution in [0.3, 0.4) is 0 Å². The van der Waals surface area contributed by atoms with Gasteiger partial charge >= 0.3 is 5.97 Å². The number of carboxylic acids is 1. The van der Waals surface area contributed by atoms with Crippen molar-refractivity contribution in [3.8, 4) is 0 Å². The van der Waals surface area contributed by atoms with Crippen molar-refractivity contribution in [2.45, 2.75) is 26.7 Å². The highest BCUT2D eigenvalue weighted by Gasteiger charge is 2.21. The zero-order valence-electron chi connectivity index (χ0n) is 11.1. The molecular weight excluding hydrogens is 266 g/mol. The number of carboxylic acid groups (broad SMARTS) is 1. The smallest absolute Gasteiger partial charge is 0.308 e. The molecule has 1 N–H and O–H groups in total. The van der Waals surface area contributed by atoms with Crippen LogP contribution in [0, 0.1) is 5.92 Å². The molecule has 0 fully saturated rings. The van der Waals surface area contributed by atoms with E-state index in [2.05, 4.69) is 0 Å². The zero-order valence-corrected chi connectivity index (χ0v) is 11.9. The lowest BCUT2D eigenvalue weighted by Gasteiger charge is -2.24. The van der Waals surface area contributed by atoms with Gasteiger partial charge in [-0.25, -0.2) is 0 Å². The van der Waals surface area contributed by atoms with E-state index in [1.54, 1.807) is 31.2 Å². The van der Waals surface area contributed by atoms with E-state index >= 15 is 0 Å². The third kappa shape index (κ3) is 4.56. The molecule has 0 saturated carbocycles. The number of benzene rings is 1. The summed E-state index contributed by atoms with van der Waals surface area (Å²) in [6, 6.07) is 6.83. The fraction of sp³-hybridized carbons (Fsp3) is 0.429. The lowest BCUT2D eigenvalue weighted by molar-refractivity contribution is -0.140. The number of aliphatic carboxylic acids is 1. The second kappa shape index (κ2) is 7.14. The Kier molecular flexibility index (Phi) is 5.83. The molecule has 4 nitrogen and oxygen atoms in total. The molecule has 0 heterocycles. The minimum absolute atomic E-state index is 0.0714. The number of hydrogen-bond acceptors (Lipinski definition) is 2. The number of anilines is 1. The fourth-order valence-electron chi connectivity index (χ4n) is 1.67. The summed E-state index contributed by atoms with van der Waals surface area (Å²) in [4.78, 5) is 24.5. The van der Waals surface area contributed by atoms with Gasteiger partial charge in [-0.05, 0) is 30.7 Å². The van der Waals surface area contributed by atoms with Crippen molar-refractivity contribution in [2.75, 3.05) is 11.4 Å². The quantitative estimate of drug-likeness (QED) is 0.872. The van der Waals surface area contributed by atoms with Crippen LogP contribution in [0.4, 0.5) is 5.69 Å². The number of carbonyl (C=O) groups is 2. The summed E-state index contributed by atoms with van der Waals surface area (Å²) in [6.07, 6.45) is 1.12. The van der Waals surface area contributed by atoms with Gasteiger partial charge in [0.2, 0.25) is 5.91 Å². The Morgan fingerprint density at radius 3 is 2.37 bits per heavy atom. The van der Waals surface area contributed by atoms with E-state index < -0.39 is 11.9 Å². The van der Waals surface area contributed by atoms with Gasteiger partial charge in [-0.3, -0.25) is 9.59 Å². The van der Waals surface area contributed by atoms with Crippen LogP contribution in [0.25, 0.3) is 0 Å². The Hall–Kier alpha value is -1.55. The van der Waals surface area contributed by atoms with Crippen molar-refractivity contribution in [1.82, 2.24) is 0 Å². The predicted molar refractivity (Wildman–Crippen MR) is 75.5 cm³/mol. The first-order valence-corrected chi connectivity index (χ1v) is 6.62. The molecule has 0 aromatic heterocycles. The molecule has 0 aliphatic rings. The highest BCUT2D eigenvalue weighted by Crippen LogP contribution is 2.20. The molecule has 0 saturated heterocycles. The van der Waals surface area contributed by atoms with Gasteiger partial charge in [0.25, 0.3) is 0 Å². The third-order valence-electron chi connectivity index (χ3n) is 2.78. The van der Waals surface area contributed by atoms with Crippen molar-refractivity contribution >= 4 is 29.2 Å². The minimum Gasteiger partial charge on any atom is -0.481 e. The van der Waals surface area contributed by atoms with Gasteiger partial charge in [-0.2, -0.15) is 0 Å². The van der Waals surface area contributed by atoms with E-state index in [-0.39, 0.29) is 12.5 Å². The Balaban J connectivity index is 2.94. The van der Waals surface area contributed by atoms with E-state index in [9.17, 15) is 9.59 Å². The zero-order chi connectivity index (χ0) is 14.4. The standard InChI is InChI=1S/C14H18ClNO3/c1-3-4-13(17)16(9-10(2)14(18)19)12-7-5-11(15)6-8-12/h5-8,10H,3-4,9H2,1-2H3,(H,18,19). The van der Waals surface area contributed by atoms with Crippen molar-refractivity contribution in [2.24, 2.45) is 5.92 Å². The number of amides is 1. The monoisotopic (exact) mass is 283 g/mol. The summed E-state index contributed by atoms with van der Waals surface area (Å²) in [6.45, 7) is 3.67. The number of carbonyl (C=O) groups excluding carboxylic acids is 1. The third-order valence-corrected chi connectivity index (χ3v) is 3.03. The minimum atomic E-state index is -0.914. The number of nitrogens with zero attached hydrogens (tertiary/aromatic N) is 1. The van der Waals surface area contributed by atoms with Crippen LogP contribution in [-0.2, 0) is 9.59 Å². The summed E-state index contributed by atoms with van der Waals surface area (Å²) in [5, 5.41) is 9.56. The van der Waals surface area contributed by atoms with Gasteiger partial charge in [0.15, 0.2) is 0 Å². The van der Waals surface area contributed by atoms with Gasteiger partial charge in [-0.1, -0.05) is 25.4 Å². The highest BCUT2D eigenvalue weighted by atomic mass is 35.5. The van der Waals surface area contributed by atoms with E-state index in [1.165, 1.54) is 4.90 Å². The van der Waals surface area contributed by atoms with Crippen molar-refractivity contribution in [1.29, 1.82) is 0 Å². The number of halogens is 1. The molecular formula is C14H18ClNO3. The van der Waals surface area contributed by atoms with Gasteiger partial charge in [0.1, 0.15) is 0 Å². The van der Waals surface area contributed by atoms with Crippen LogP contribution in [0.2, 0.25) is 5.02 Å². The summed E-state index contributed by atoms with van der Waals surface area (Å²) >= 11 is 5.82. The summed E-state index contributed by atoms with van der Waals surface area (Å²) in [5.74, 6) is -1.60. The Morgan fingerprint density at radius 2 is 1.89 bits per heavy atom. The maximum Gasteiger partial charge on any atom is 0.308 e. The van der Waals surface area contributed by atoms with Crippen molar-refractivity contribution < 1.29 is 14.7 Å². The first-order valence-electron chi connectivity index (χ1n) is 6.24. The first kappa shape index (κ1) is 15.5. The molecule has 1 atom stereocenters. The number of hydrogen-bond donors (Lipinski definition) is 1. The molecule has 1 aromatic carbocycles. The van der Waals surface area contributed by atoms with E-state index in [1.807, 2.05) is 6.92 Å². The van der Waals surface area contributed by atoms with Crippen LogP contribution in [0.5, 0.6) is 0 Å². The van der Waals surface area contributed by atoms with Crippen LogP contribution >= 0.6 is 11.6 Å². The van der Waals surface area contributed by atoms with Gasteiger partial charge in [0.05, 0.1) is 5.92 Å². The Labute approximate surface area is 118 Å². The second-order valence-electron chi connectivity index (χ2n) is 4.47. The second-order valence-corrected chi connectivity index (χ2v) is 4.91. The van der Waals surface area contributed by atoms with Gasteiger partial charge in [-0.15, -0.1) is 0 Å². The highest BCUT2D eigenvalue weighted by molar-refractivity contribution is 6.30. The SMILES string of the molecule is CCCC(=O)N(CC(C)C(=O)O)c1ccc(Cl)cc1. The normalized spacial score (nSPS) is 11.9. The van der Waals surface area contributed by atoms with Crippen molar-refractivity contribution in [3.63, 3.8) is 0 Å². The van der Waals surface area contributed by atoms with Crippen LogP contribution < -0.4 is 4.90 Å². The maximum absolute atomic E-state index is 12.1. The molecule has 5 heteroatoms. The molecule has 0 spiro atoms. The van der Waals surface area contributed by atoms with Crippen molar-refractivity contribution in [3.05, 3.63) is 29.3 Å². The molecule has 1 amide bonds. The summed E-state index contributed by atoms with van der Waals surface area (Å²) in [5.41, 5.74) is 0.677. The van der Waals surface area contributed by atoms with E-state index in [0.29, 0.717) is 17.1 Å². The lowest BCUT2D eigenvalue weighted by atomic mass is 10.1. The van der Waals surface area contributed by atoms with Crippen LogP contribution in [-0.4, -0.2) is 23.5 Å². The van der Waals surface area contributed by atoms with Crippen LogP contribution in [0.1, 0.15) is 26.7 Å². The molecule has 104 valence electrons. The summed E-state index contributed by atoms with van der Waals surface area (Å²) < 4.78 is 0. The lowest BCUT2D eigenvalue weighted by Crippen LogP contribution is -2.36. The summed E-state index contributed by atoms with van der Waals surface area (Å²) in [7, 11) is 0. The molecule has 0 radical (unpaired) electrons. The van der Waals surface area contributed by atoms with E-state index in [4.69, 9.17) is 16.7 Å². The molecule has 0 bridgehead atoms. The molecule has 1 unspecified atom stereocenters. The molecule has 1 aromatic rings. The number of rotatable bonds is 6. The molecule has 0 aliphatic carbocycles. The molecule has 19 heavy (non-hydrogen) atoms. The topological polar surface area (TPSA) is 57.6 Å². The van der Waals surface area contributed by atoms with Gasteiger partial charge < -0.3 is 10.0 Å². The van der Waals surface area contributed by atoms with Crippen LogP contribution in [0.15, 0.2) is 24.3 Å². The largest absolute Gasteiger partial charge is 0.481 e. The molecule has 0 aliphatic heterocycles. The Bertz CT molecular complexity index is 445. The molecule has 1 rings (SSSR count). The van der Waals surface area contributed by atoms with Gasteiger partial charge in [0, 0.05) is 23.7 Å². The van der Waals surface area contributed by atoms with E-state index in [0.717, 1.165) is 6.42 Å². The average Bonchev–Trinajstić information content (AvgIpc) is 2.37. The fourth-order valence-corrected chi connectivity index (χ4v) is 1.80. The Morgan fingerprint density at radius 1 is 1.32 bits per heavy atom. The maximum atomic E-state index is 12.1.